The molecule has 3 heteroatoms. The van der Waals surface area contributed by atoms with Crippen LogP contribution in [-0.4, -0.2) is 6.04 Å². The zero-order chi connectivity index (χ0) is 12.4. The van der Waals surface area contributed by atoms with E-state index in [1.54, 1.807) is 0 Å². The summed E-state index contributed by atoms with van der Waals surface area (Å²) in [6.45, 7) is 4.32. The molecule has 1 aromatic rings. The van der Waals surface area contributed by atoms with Crippen molar-refractivity contribution in [3.63, 3.8) is 0 Å². The van der Waals surface area contributed by atoms with E-state index in [-0.39, 0.29) is 11.9 Å². The van der Waals surface area contributed by atoms with Crippen molar-refractivity contribution >= 4 is 15.9 Å². The van der Waals surface area contributed by atoms with Crippen molar-refractivity contribution in [2.75, 3.05) is 0 Å². The highest BCUT2D eigenvalue weighted by molar-refractivity contribution is 9.10. The van der Waals surface area contributed by atoms with Crippen molar-refractivity contribution in [1.82, 2.24) is 5.32 Å². The molecule has 1 aromatic carbocycles. The summed E-state index contributed by atoms with van der Waals surface area (Å²) in [7, 11) is 0. The average molecular weight is 300 g/mol. The quantitative estimate of drug-likeness (QED) is 0.871. The van der Waals surface area contributed by atoms with E-state index in [9.17, 15) is 4.39 Å². The average Bonchev–Trinajstić information content (AvgIpc) is 2.63. The number of halogens is 2. The second kappa shape index (κ2) is 5.49. The van der Waals surface area contributed by atoms with Crippen LogP contribution in [0.15, 0.2) is 22.7 Å². The lowest BCUT2D eigenvalue weighted by molar-refractivity contribution is 0.437. The van der Waals surface area contributed by atoms with Crippen LogP contribution in [0.3, 0.4) is 0 Å². The maximum absolute atomic E-state index is 13.8. The second-order valence-corrected chi connectivity index (χ2v) is 6.09. The molecular formula is C14H19BrFN. The minimum absolute atomic E-state index is 0.0819. The van der Waals surface area contributed by atoms with E-state index in [0.717, 1.165) is 16.0 Å². The minimum Gasteiger partial charge on any atom is -0.307 e. The molecule has 1 N–H and O–H groups in total. The Balaban J connectivity index is 2.01. The minimum atomic E-state index is -0.134. The van der Waals surface area contributed by atoms with E-state index in [1.165, 1.54) is 25.3 Å². The molecule has 1 saturated carbocycles. The molecule has 0 heterocycles. The monoisotopic (exact) mass is 299 g/mol. The maximum atomic E-state index is 13.8. The summed E-state index contributed by atoms with van der Waals surface area (Å²) in [5.74, 6) is 0.667. The summed E-state index contributed by atoms with van der Waals surface area (Å²) >= 11 is 3.28. The van der Waals surface area contributed by atoms with Gasteiger partial charge in [-0.15, -0.1) is 0 Å². The molecule has 0 amide bonds. The van der Waals surface area contributed by atoms with Gasteiger partial charge in [0.25, 0.3) is 0 Å². The van der Waals surface area contributed by atoms with Crippen LogP contribution in [0.25, 0.3) is 0 Å². The highest BCUT2D eigenvalue weighted by atomic mass is 79.9. The first-order valence-electron chi connectivity index (χ1n) is 6.27. The van der Waals surface area contributed by atoms with Gasteiger partial charge in [0.05, 0.1) is 0 Å². The Kier molecular flexibility index (Phi) is 4.21. The summed E-state index contributed by atoms with van der Waals surface area (Å²) in [6, 6.07) is 5.91. The second-order valence-electron chi connectivity index (χ2n) is 5.17. The van der Waals surface area contributed by atoms with E-state index in [0.29, 0.717) is 6.04 Å². The summed E-state index contributed by atoms with van der Waals surface area (Å²) < 4.78 is 14.6. The SMILES string of the molecule is CC1CCC(NC(C)c2ccc(Br)cc2F)C1. The van der Waals surface area contributed by atoms with Gasteiger partial charge < -0.3 is 5.32 Å². The first-order valence-corrected chi connectivity index (χ1v) is 7.06. The van der Waals surface area contributed by atoms with Gasteiger partial charge in [-0.25, -0.2) is 4.39 Å². The first-order chi connectivity index (χ1) is 8.06. The summed E-state index contributed by atoms with van der Waals surface area (Å²) in [5.41, 5.74) is 0.757. The Labute approximate surface area is 111 Å². The molecule has 0 aliphatic heterocycles. The lowest BCUT2D eigenvalue weighted by Crippen LogP contribution is -2.29. The third kappa shape index (κ3) is 3.29. The van der Waals surface area contributed by atoms with Crippen LogP contribution in [0, 0.1) is 11.7 Å². The zero-order valence-corrected chi connectivity index (χ0v) is 11.9. The fraction of sp³-hybridized carbons (Fsp3) is 0.571. The Morgan fingerprint density at radius 1 is 1.41 bits per heavy atom. The van der Waals surface area contributed by atoms with Crippen LogP contribution >= 0.6 is 15.9 Å². The number of nitrogens with one attached hydrogen (secondary N) is 1. The third-order valence-electron chi connectivity index (χ3n) is 3.61. The van der Waals surface area contributed by atoms with Crippen LogP contribution in [0.4, 0.5) is 4.39 Å². The van der Waals surface area contributed by atoms with Gasteiger partial charge in [0, 0.05) is 22.1 Å². The molecule has 94 valence electrons. The largest absolute Gasteiger partial charge is 0.307 e. The molecule has 0 spiro atoms. The highest BCUT2D eigenvalue weighted by Gasteiger charge is 2.23. The van der Waals surface area contributed by atoms with Gasteiger partial charge in [0.1, 0.15) is 5.82 Å². The zero-order valence-electron chi connectivity index (χ0n) is 10.3. The van der Waals surface area contributed by atoms with Crippen molar-refractivity contribution in [2.24, 2.45) is 5.92 Å². The molecule has 0 aromatic heterocycles. The number of hydrogen-bond donors (Lipinski definition) is 1. The molecule has 1 nitrogen and oxygen atoms in total. The Morgan fingerprint density at radius 2 is 2.18 bits per heavy atom. The van der Waals surface area contributed by atoms with Gasteiger partial charge in [-0.3, -0.25) is 0 Å². The standard InChI is InChI=1S/C14H19BrFN/c1-9-3-5-12(7-9)17-10(2)13-6-4-11(15)8-14(13)16/h4,6,8-10,12,17H,3,5,7H2,1-2H3. The van der Waals surface area contributed by atoms with Gasteiger partial charge in [-0.1, -0.05) is 28.9 Å². The predicted octanol–water partition coefficient (Wildman–Crippen LogP) is 4.43. The smallest absolute Gasteiger partial charge is 0.129 e. The third-order valence-corrected chi connectivity index (χ3v) is 4.10. The Bertz CT molecular complexity index is 394. The van der Waals surface area contributed by atoms with E-state index in [2.05, 4.69) is 28.2 Å². The van der Waals surface area contributed by atoms with E-state index in [1.807, 2.05) is 19.1 Å². The summed E-state index contributed by atoms with van der Waals surface area (Å²) in [5, 5.41) is 3.53. The molecule has 3 atom stereocenters. The van der Waals surface area contributed by atoms with Crippen LogP contribution < -0.4 is 5.32 Å². The van der Waals surface area contributed by atoms with Gasteiger partial charge in [0.2, 0.25) is 0 Å². The summed E-state index contributed by atoms with van der Waals surface area (Å²) in [6.07, 6.45) is 3.71. The molecule has 1 aliphatic rings. The maximum Gasteiger partial charge on any atom is 0.129 e. The van der Waals surface area contributed by atoms with Crippen molar-refractivity contribution in [3.05, 3.63) is 34.1 Å². The highest BCUT2D eigenvalue weighted by Crippen LogP contribution is 2.28. The molecule has 1 fully saturated rings. The molecule has 3 unspecified atom stereocenters. The van der Waals surface area contributed by atoms with Crippen molar-refractivity contribution in [3.8, 4) is 0 Å². The van der Waals surface area contributed by atoms with Gasteiger partial charge in [-0.05, 0) is 44.2 Å². The van der Waals surface area contributed by atoms with Gasteiger partial charge in [0.15, 0.2) is 0 Å². The Hall–Kier alpha value is -0.410. The van der Waals surface area contributed by atoms with Gasteiger partial charge in [-0.2, -0.15) is 0 Å². The van der Waals surface area contributed by atoms with E-state index in [4.69, 9.17) is 0 Å². The van der Waals surface area contributed by atoms with Crippen molar-refractivity contribution < 1.29 is 4.39 Å². The molecule has 17 heavy (non-hydrogen) atoms. The van der Waals surface area contributed by atoms with Crippen molar-refractivity contribution in [1.29, 1.82) is 0 Å². The molecule has 1 aliphatic carbocycles. The van der Waals surface area contributed by atoms with Crippen LogP contribution in [0.2, 0.25) is 0 Å². The topological polar surface area (TPSA) is 12.0 Å². The molecule has 2 rings (SSSR count). The lowest BCUT2D eigenvalue weighted by Gasteiger charge is -2.20. The van der Waals surface area contributed by atoms with E-state index >= 15 is 0 Å². The van der Waals surface area contributed by atoms with E-state index < -0.39 is 0 Å². The van der Waals surface area contributed by atoms with Crippen LogP contribution in [0.1, 0.15) is 44.7 Å². The molecule has 0 bridgehead atoms. The lowest BCUT2D eigenvalue weighted by atomic mass is 10.1. The van der Waals surface area contributed by atoms with Crippen molar-refractivity contribution in [2.45, 2.75) is 45.2 Å². The van der Waals surface area contributed by atoms with Gasteiger partial charge >= 0.3 is 0 Å². The number of hydrogen-bond acceptors (Lipinski definition) is 1. The number of benzene rings is 1. The van der Waals surface area contributed by atoms with Crippen LogP contribution in [0.5, 0.6) is 0 Å². The fourth-order valence-electron chi connectivity index (χ4n) is 2.65. The number of rotatable bonds is 3. The van der Waals surface area contributed by atoms with Crippen LogP contribution in [-0.2, 0) is 0 Å². The Morgan fingerprint density at radius 3 is 2.76 bits per heavy atom. The predicted molar refractivity (Wildman–Crippen MR) is 72.5 cm³/mol. The normalized spacial score (nSPS) is 26.1. The summed E-state index contributed by atoms with van der Waals surface area (Å²) in [4.78, 5) is 0. The fourth-order valence-corrected chi connectivity index (χ4v) is 2.99. The molecular weight excluding hydrogens is 281 g/mol. The molecule has 0 saturated heterocycles. The first kappa shape index (κ1) is 13.0. The molecule has 0 radical (unpaired) electrons.